The summed E-state index contributed by atoms with van der Waals surface area (Å²) < 4.78 is 0.502. The maximum absolute atomic E-state index is 6.01. The molecule has 2 heterocycles. The van der Waals surface area contributed by atoms with Gasteiger partial charge in [0.05, 0.1) is 9.99 Å². The number of benzene rings is 1. The average Bonchev–Trinajstić information content (AvgIpc) is 2.43. The molecule has 6 heteroatoms. The van der Waals surface area contributed by atoms with Gasteiger partial charge in [0.1, 0.15) is 10.3 Å². The Morgan fingerprint density at radius 3 is 2.35 bits per heavy atom. The normalized spacial score (nSPS) is 11.0. The number of rotatable bonds is 1. The number of nitrogens with zero attached hydrogens (tertiary/aromatic N) is 3. The van der Waals surface area contributed by atoms with Crippen molar-refractivity contribution in [1.29, 1.82) is 0 Å². The zero-order valence-electron chi connectivity index (χ0n) is 10.4. The average molecular weight is 369 g/mol. The lowest BCUT2D eigenvalue weighted by molar-refractivity contribution is 1.16. The lowest BCUT2D eigenvalue weighted by Crippen LogP contribution is -1.92. The monoisotopic (exact) mass is 367 g/mol. The Morgan fingerprint density at radius 1 is 0.950 bits per heavy atom. The Bertz CT molecular complexity index is 798. The highest BCUT2D eigenvalue weighted by molar-refractivity contribution is 9.10. The van der Waals surface area contributed by atoms with Crippen LogP contribution in [-0.4, -0.2) is 15.0 Å². The van der Waals surface area contributed by atoms with Gasteiger partial charge in [-0.1, -0.05) is 29.3 Å². The second kappa shape index (κ2) is 5.28. The van der Waals surface area contributed by atoms with Crippen LogP contribution in [0.15, 0.2) is 34.8 Å². The van der Waals surface area contributed by atoms with Gasteiger partial charge < -0.3 is 0 Å². The molecule has 0 aliphatic heterocycles. The summed E-state index contributed by atoms with van der Waals surface area (Å²) >= 11 is 15.3. The van der Waals surface area contributed by atoms with E-state index in [0.29, 0.717) is 20.6 Å². The summed E-state index contributed by atoms with van der Waals surface area (Å²) in [7, 11) is 0. The molecule has 0 aliphatic rings. The first-order valence-electron chi connectivity index (χ1n) is 5.81. The Labute approximate surface area is 134 Å². The number of aromatic nitrogens is 3. The minimum absolute atomic E-state index is 0.294. The fourth-order valence-electron chi connectivity index (χ4n) is 1.89. The van der Waals surface area contributed by atoms with E-state index in [1.807, 2.05) is 37.3 Å². The molecule has 0 spiro atoms. The minimum Gasteiger partial charge on any atom is -0.253 e. The van der Waals surface area contributed by atoms with Gasteiger partial charge in [-0.3, -0.25) is 4.98 Å². The number of hydrogen-bond acceptors (Lipinski definition) is 3. The number of halogens is 3. The molecule has 0 unspecified atom stereocenters. The molecule has 2 aromatic heterocycles. The first kappa shape index (κ1) is 13.7. The maximum atomic E-state index is 6.01. The van der Waals surface area contributed by atoms with Crippen molar-refractivity contribution in [3.63, 3.8) is 0 Å². The summed E-state index contributed by atoms with van der Waals surface area (Å²) in [5.41, 5.74) is 2.76. The van der Waals surface area contributed by atoms with E-state index in [1.54, 1.807) is 0 Å². The SMILES string of the molecule is Cc1ccc2cc(-c3nc(Cl)c(Br)c(Cl)n3)ccc2n1. The fourth-order valence-corrected chi connectivity index (χ4v) is 2.45. The highest BCUT2D eigenvalue weighted by Gasteiger charge is 2.11. The summed E-state index contributed by atoms with van der Waals surface area (Å²) in [6.07, 6.45) is 0. The highest BCUT2D eigenvalue weighted by atomic mass is 79.9. The molecule has 3 aromatic rings. The van der Waals surface area contributed by atoms with E-state index < -0.39 is 0 Å². The quantitative estimate of drug-likeness (QED) is 0.563. The molecule has 0 amide bonds. The van der Waals surface area contributed by atoms with Crippen molar-refractivity contribution in [2.45, 2.75) is 6.92 Å². The van der Waals surface area contributed by atoms with Crippen LogP contribution in [-0.2, 0) is 0 Å². The van der Waals surface area contributed by atoms with E-state index in [9.17, 15) is 0 Å². The molecule has 0 atom stereocenters. The lowest BCUT2D eigenvalue weighted by atomic mass is 10.1. The molecular formula is C14H8BrCl2N3. The van der Waals surface area contributed by atoms with Gasteiger partial charge in [0, 0.05) is 16.6 Å². The Hall–Kier alpha value is -1.23. The van der Waals surface area contributed by atoms with E-state index in [1.165, 1.54) is 0 Å². The fraction of sp³-hybridized carbons (Fsp3) is 0.0714. The van der Waals surface area contributed by atoms with Gasteiger partial charge >= 0.3 is 0 Å². The van der Waals surface area contributed by atoms with Crippen LogP contribution in [0.4, 0.5) is 0 Å². The third-order valence-corrected chi connectivity index (χ3v) is 4.61. The molecule has 0 saturated heterocycles. The first-order valence-corrected chi connectivity index (χ1v) is 7.36. The molecule has 1 aromatic carbocycles. The van der Waals surface area contributed by atoms with Gasteiger partial charge in [0.15, 0.2) is 5.82 Å². The Kier molecular flexibility index (Phi) is 3.63. The minimum atomic E-state index is 0.294. The molecular weight excluding hydrogens is 361 g/mol. The van der Waals surface area contributed by atoms with Gasteiger partial charge in [-0.05, 0) is 47.1 Å². The molecule has 0 saturated carbocycles. The van der Waals surface area contributed by atoms with Crippen LogP contribution < -0.4 is 0 Å². The summed E-state index contributed by atoms with van der Waals surface area (Å²) in [5.74, 6) is 0.491. The van der Waals surface area contributed by atoms with Crippen LogP contribution in [0, 0.1) is 6.92 Å². The third-order valence-electron chi connectivity index (χ3n) is 2.86. The van der Waals surface area contributed by atoms with Crippen molar-refractivity contribution in [1.82, 2.24) is 15.0 Å². The number of aryl methyl sites for hydroxylation is 1. The first-order chi connectivity index (χ1) is 9.54. The predicted octanol–water partition coefficient (Wildman–Crippen LogP) is 5.07. The lowest BCUT2D eigenvalue weighted by Gasteiger charge is -2.05. The van der Waals surface area contributed by atoms with E-state index in [0.717, 1.165) is 22.2 Å². The van der Waals surface area contributed by atoms with Crippen molar-refractivity contribution >= 4 is 50.0 Å². The summed E-state index contributed by atoms with van der Waals surface area (Å²) in [5, 5.41) is 1.61. The van der Waals surface area contributed by atoms with Crippen LogP contribution in [0.2, 0.25) is 10.3 Å². The van der Waals surface area contributed by atoms with Gasteiger partial charge in [-0.2, -0.15) is 0 Å². The third kappa shape index (κ3) is 2.51. The van der Waals surface area contributed by atoms with Crippen molar-refractivity contribution < 1.29 is 0 Å². The molecule has 0 N–H and O–H groups in total. The molecule has 3 rings (SSSR count). The van der Waals surface area contributed by atoms with E-state index in [4.69, 9.17) is 23.2 Å². The van der Waals surface area contributed by atoms with E-state index in [-0.39, 0.29) is 0 Å². The highest BCUT2D eigenvalue weighted by Crippen LogP contribution is 2.30. The standard InChI is InChI=1S/C14H8BrCl2N3/c1-7-2-3-8-6-9(4-5-10(8)18-7)14-19-12(16)11(15)13(17)20-14/h2-6H,1H3. The predicted molar refractivity (Wildman–Crippen MR) is 85.2 cm³/mol. The van der Waals surface area contributed by atoms with Gasteiger partial charge in [0.2, 0.25) is 0 Å². The smallest absolute Gasteiger partial charge is 0.162 e. The molecule has 3 nitrogen and oxygen atoms in total. The van der Waals surface area contributed by atoms with Crippen molar-refractivity contribution in [3.05, 3.63) is 50.8 Å². The largest absolute Gasteiger partial charge is 0.253 e. The van der Waals surface area contributed by atoms with Gasteiger partial charge in [-0.25, -0.2) is 9.97 Å². The summed E-state index contributed by atoms with van der Waals surface area (Å²) in [6, 6.07) is 9.80. The molecule has 0 radical (unpaired) electrons. The molecule has 0 fully saturated rings. The van der Waals surface area contributed by atoms with Crippen LogP contribution in [0.1, 0.15) is 5.69 Å². The van der Waals surface area contributed by atoms with Crippen molar-refractivity contribution in [2.24, 2.45) is 0 Å². The Morgan fingerprint density at radius 2 is 1.65 bits per heavy atom. The van der Waals surface area contributed by atoms with Crippen LogP contribution >= 0.6 is 39.1 Å². The van der Waals surface area contributed by atoms with E-state index >= 15 is 0 Å². The zero-order chi connectivity index (χ0) is 14.3. The topological polar surface area (TPSA) is 38.7 Å². The maximum Gasteiger partial charge on any atom is 0.162 e. The van der Waals surface area contributed by atoms with Crippen LogP contribution in [0.3, 0.4) is 0 Å². The van der Waals surface area contributed by atoms with Gasteiger partial charge in [0.25, 0.3) is 0 Å². The van der Waals surface area contributed by atoms with Crippen molar-refractivity contribution in [2.75, 3.05) is 0 Å². The van der Waals surface area contributed by atoms with E-state index in [2.05, 4.69) is 30.9 Å². The molecule has 0 aliphatic carbocycles. The van der Waals surface area contributed by atoms with Crippen molar-refractivity contribution in [3.8, 4) is 11.4 Å². The second-order valence-corrected chi connectivity index (χ2v) is 5.81. The molecule has 0 bridgehead atoms. The summed E-state index contributed by atoms with van der Waals surface area (Å²) in [6.45, 7) is 1.96. The summed E-state index contributed by atoms with van der Waals surface area (Å²) in [4.78, 5) is 12.9. The molecule has 20 heavy (non-hydrogen) atoms. The zero-order valence-corrected chi connectivity index (χ0v) is 13.5. The number of hydrogen-bond donors (Lipinski definition) is 0. The number of fused-ring (bicyclic) bond motifs is 1. The van der Waals surface area contributed by atoms with Crippen LogP contribution in [0.5, 0.6) is 0 Å². The number of pyridine rings is 1. The van der Waals surface area contributed by atoms with Crippen LogP contribution in [0.25, 0.3) is 22.3 Å². The second-order valence-electron chi connectivity index (χ2n) is 4.30. The Balaban J connectivity index is 2.17. The van der Waals surface area contributed by atoms with Gasteiger partial charge in [-0.15, -0.1) is 0 Å². The molecule has 100 valence electrons.